The molecule has 1 aliphatic rings. The van der Waals surface area contributed by atoms with Crippen molar-refractivity contribution in [2.75, 3.05) is 45.4 Å². The zero-order valence-corrected chi connectivity index (χ0v) is 21.3. The summed E-state index contributed by atoms with van der Waals surface area (Å²) in [6.07, 6.45) is 5.70. The number of piperidine rings is 1. The lowest BCUT2D eigenvalue weighted by Crippen LogP contribution is -2.45. The molecular formula is C26H38N2O8. The molecule has 1 atom stereocenters. The third-order valence-corrected chi connectivity index (χ3v) is 5.79. The molecule has 10 heteroatoms. The van der Waals surface area contributed by atoms with Crippen molar-refractivity contribution in [3.8, 4) is 11.5 Å². The predicted octanol–water partition coefficient (Wildman–Crippen LogP) is 3.92. The summed E-state index contributed by atoms with van der Waals surface area (Å²) in [5, 5.41) is 12.4. The largest absolute Gasteiger partial charge is 0.493 e. The summed E-state index contributed by atoms with van der Waals surface area (Å²) in [6, 6.07) is 2.78. The number of rotatable bonds is 14. The van der Waals surface area contributed by atoms with Crippen molar-refractivity contribution in [3.63, 3.8) is 0 Å². The molecule has 2 rings (SSSR count). The first kappa shape index (κ1) is 29.0. The Balaban J connectivity index is 2.18. The summed E-state index contributed by atoms with van der Waals surface area (Å²) in [6.45, 7) is 6.41. The number of aliphatic hydroxyl groups is 1. The Morgan fingerprint density at radius 3 is 2.67 bits per heavy atom. The molecule has 0 aromatic heterocycles. The van der Waals surface area contributed by atoms with Gasteiger partial charge in [-0.3, -0.25) is 14.9 Å². The molecule has 1 fully saturated rings. The van der Waals surface area contributed by atoms with Crippen LogP contribution >= 0.6 is 0 Å². The van der Waals surface area contributed by atoms with Crippen LogP contribution in [-0.2, 0) is 14.3 Å². The van der Waals surface area contributed by atoms with E-state index < -0.39 is 6.09 Å². The molecule has 0 aliphatic carbocycles. The van der Waals surface area contributed by atoms with Crippen LogP contribution < -0.4 is 14.8 Å². The Morgan fingerprint density at radius 1 is 1.17 bits per heavy atom. The van der Waals surface area contributed by atoms with Crippen molar-refractivity contribution >= 4 is 23.7 Å². The Morgan fingerprint density at radius 2 is 1.97 bits per heavy atom. The first-order valence-electron chi connectivity index (χ1n) is 12.4. The van der Waals surface area contributed by atoms with Gasteiger partial charge in [0, 0.05) is 19.0 Å². The quantitative estimate of drug-likeness (QED) is 0.221. The van der Waals surface area contributed by atoms with E-state index in [2.05, 4.69) is 11.9 Å². The van der Waals surface area contributed by atoms with Crippen LogP contribution in [-0.4, -0.2) is 74.1 Å². The van der Waals surface area contributed by atoms with E-state index in [1.54, 1.807) is 11.8 Å². The molecular weight excluding hydrogens is 468 g/mol. The minimum atomic E-state index is -0.739. The lowest BCUT2D eigenvalue weighted by atomic mass is 10.0. The van der Waals surface area contributed by atoms with E-state index in [-0.39, 0.29) is 42.4 Å². The number of nitrogens with one attached hydrogen (secondary N) is 1. The average Bonchev–Trinajstić information content (AvgIpc) is 2.89. The number of benzene rings is 1. The van der Waals surface area contributed by atoms with Crippen LogP contribution in [0.25, 0.3) is 0 Å². The zero-order chi connectivity index (χ0) is 26.3. The van der Waals surface area contributed by atoms with Gasteiger partial charge in [-0.2, -0.15) is 0 Å². The minimum absolute atomic E-state index is 0.0130. The Bertz CT molecular complexity index is 889. The number of nitrogens with zero attached hydrogens (tertiary/aromatic N) is 1. The van der Waals surface area contributed by atoms with Crippen LogP contribution in [0.1, 0.15) is 62.2 Å². The van der Waals surface area contributed by atoms with Gasteiger partial charge in [0.25, 0.3) is 5.91 Å². The number of carbonyl (C=O) groups excluding carboxylic acids is 3. The molecule has 1 saturated heterocycles. The number of amides is 2. The molecule has 1 aromatic rings. The smallest absolute Gasteiger partial charge is 0.411 e. The molecule has 0 saturated carbocycles. The predicted molar refractivity (Wildman–Crippen MR) is 135 cm³/mol. The van der Waals surface area contributed by atoms with Gasteiger partial charge in [0.05, 0.1) is 44.2 Å². The van der Waals surface area contributed by atoms with Gasteiger partial charge in [0.2, 0.25) is 0 Å². The number of anilines is 1. The number of aliphatic hydroxyl groups excluding tert-OH is 1. The molecule has 200 valence electrons. The van der Waals surface area contributed by atoms with Crippen LogP contribution in [0.2, 0.25) is 0 Å². The Labute approximate surface area is 212 Å². The summed E-state index contributed by atoms with van der Waals surface area (Å²) in [5.41, 5.74) is 0.430. The lowest BCUT2D eigenvalue weighted by Gasteiger charge is -2.35. The van der Waals surface area contributed by atoms with Crippen molar-refractivity contribution < 1.29 is 38.4 Å². The number of hydrogen-bond donors (Lipinski definition) is 2. The number of carbonyl (C=O) groups is 3. The Kier molecular flexibility index (Phi) is 12.6. The third-order valence-electron chi connectivity index (χ3n) is 5.79. The van der Waals surface area contributed by atoms with Crippen molar-refractivity contribution in [1.29, 1.82) is 0 Å². The highest BCUT2D eigenvalue weighted by molar-refractivity contribution is 6.03. The third kappa shape index (κ3) is 8.75. The second kappa shape index (κ2) is 15.7. The molecule has 1 aliphatic heterocycles. The minimum Gasteiger partial charge on any atom is -0.493 e. The fourth-order valence-corrected chi connectivity index (χ4v) is 3.97. The average molecular weight is 507 g/mol. The molecule has 0 unspecified atom stereocenters. The fraction of sp³-hybridized carbons (Fsp3) is 0.577. The van der Waals surface area contributed by atoms with Crippen molar-refractivity contribution in [3.05, 3.63) is 30.4 Å². The molecule has 2 N–H and O–H groups in total. The summed E-state index contributed by atoms with van der Waals surface area (Å²) in [5.74, 6) is 0.163. The zero-order valence-electron chi connectivity index (χ0n) is 21.3. The van der Waals surface area contributed by atoms with Gasteiger partial charge in [-0.05, 0) is 51.5 Å². The number of ether oxygens (including phenoxy) is 4. The molecule has 0 spiro atoms. The lowest BCUT2D eigenvalue weighted by molar-refractivity contribution is -0.143. The van der Waals surface area contributed by atoms with Crippen LogP contribution in [0, 0.1) is 0 Å². The molecule has 0 bridgehead atoms. The van der Waals surface area contributed by atoms with Gasteiger partial charge in [0.15, 0.2) is 11.5 Å². The first-order valence-corrected chi connectivity index (χ1v) is 12.4. The van der Waals surface area contributed by atoms with Gasteiger partial charge < -0.3 is 29.0 Å². The highest BCUT2D eigenvalue weighted by Gasteiger charge is 2.30. The number of methoxy groups -OCH3 is 1. The van der Waals surface area contributed by atoms with Crippen molar-refractivity contribution in [2.24, 2.45) is 0 Å². The van der Waals surface area contributed by atoms with Crippen molar-refractivity contribution in [1.82, 2.24) is 4.90 Å². The Hall–Kier alpha value is -3.27. The van der Waals surface area contributed by atoms with Crippen molar-refractivity contribution in [2.45, 2.75) is 57.9 Å². The highest BCUT2D eigenvalue weighted by atomic mass is 16.5. The molecule has 1 heterocycles. The van der Waals surface area contributed by atoms with E-state index in [9.17, 15) is 19.5 Å². The maximum Gasteiger partial charge on any atom is 0.411 e. The van der Waals surface area contributed by atoms with Crippen LogP contribution in [0.3, 0.4) is 0 Å². The number of esters is 1. The molecule has 36 heavy (non-hydrogen) atoms. The fourth-order valence-electron chi connectivity index (χ4n) is 3.97. The normalized spacial score (nSPS) is 15.1. The van der Waals surface area contributed by atoms with E-state index >= 15 is 0 Å². The van der Waals surface area contributed by atoms with E-state index in [0.29, 0.717) is 56.9 Å². The summed E-state index contributed by atoms with van der Waals surface area (Å²) in [7, 11) is 1.47. The van der Waals surface area contributed by atoms with Gasteiger partial charge in [0.1, 0.15) is 6.61 Å². The summed E-state index contributed by atoms with van der Waals surface area (Å²) >= 11 is 0. The number of hydrogen-bond acceptors (Lipinski definition) is 8. The maximum atomic E-state index is 13.5. The standard InChI is InChI=1S/C26H38N2O8/c1-4-14-36-26(32)27-21-17-23(35-15-10-6-7-12-24(30)34-5-2)22(33-3)16-20(21)25(31)28-13-9-8-11-19(28)18-29/h4,16-17,19,29H,1,5-15,18H2,2-3H3,(H,27,32)/t19-/m0/s1. The SMILES string of the molecule is C=CCOC(=O)Nc1cc(OCCCCCC(=O)OCC)c(OC)cc1C(=O)N1CCCC[C@H]1CO. The summed E-state index contributed by atoms with van der Waals surface area (Å²) in [4.78, 5) is 38.8. The maximum absolute atomic E-state index is 13.5. The molecule has 10 nitrogen and oxygen atoms in total. The molecule has 2 amide bonds. The van der Waals surface area contributed by atoms with E-state index in [1.807, 2.05) is 0 Å². The van der Waals surface area contributed by atoms with Gasteiger partial charge >= 0.3 is 12.1 Å². The highest BCUT2D eigenvalue weighted by Crippen LogP contribution is 2.35. The van der Waals surface area contributed by atoms with E-state index in [0.717, 1.165) is 19.3 Å². The van der Waals surface area contributed by atoms with E-state index in [4.69, 9.17) is 18.9 Å². The van der Waals surface area contributed by atoms with E-state index in [1.165, 1.54) is 25.3 Å². The molecule has 0 radical (unpaired) electrons. The monoisotopic (exact) mass is 506 g/mol. The first-order chi connectivity index (χ1) is 17.4. The van der Waals surface area contributed by atoms with Crippen LogP contribution in [0.4, 0.5) is 10.5 Å². The second-order valence-electron chi connectivity index (χ2n) is 8.36. The van der Waals surface area contributed by atoms with Crippen LogP contribution in [0.5, 0.6) is 11.5 Å². The number of likely N-dealkylation sites (tertiary alicyclic amines) is 1. The van der Waals surface area contributed by atoms with Crippen LogP contribution in [0.15, 0.2) is 24.8 Å². The number of unbranched alkanes of at least 4 members (excludes halogenated alkanes) is 2. The topological polar surface area (TPSA) is 124 Å². The summed E-state index contributed by atoms with van der Waals surface area (Å²) < 4.78 is 21.3. The van der Waals surface area contributed by atoms with Gasteiger partial charge in [-0.15, -0.1) is 0 Å². The molecule has 1 aromatic carbocycles. The second-order valence-corrected chi connectivity index (χ2v) is 8.36. The van der Waals surface area contributed by atoms with Gasteiger partial charge in [-0.1, -0.05) is 12.7 Å². The van der Waals surface area contributed by atoms with Gasteiger partial charge in [-0.25, -0.2) is 4.79 Å².